The van der Waals surface area contributed by atoms with Crippen molar-refractivity contribution in [1.29, 1.82) is 0 Å². The fourth-order valence-corrected chi connectivity index (χ4v) is 4.16. The van der Waals surface area contributed by atoms with Gasteiger partial charge >= 0.3 is 6.09 Å². The van der Waals surface area contributed by atoms with Crippen LogP contribution in [0.2, 0.25) is 0 Å². The van der Waals surface area contributed by atoms with E-state index in [9.17, 15) is 9.59 Å². The van der Waals surface area contributed by atoms with Crippen LogP contribution >= 0.6 is 15.9 Å². The summed E-state index contributed by atoms with van der Waals surface area (Å²) >= 11 is 3.44. The van der Waals surface area contributed by atoms with Crippen molar-refractivity contribution >= 4 is 33.6 Å². The monoisotopic (exact) mass is 482 g/mol. The van der Waals surface area contributed by atoms with Crippen molar-refractivity contribution in [3.63, 3.8) is 0 Å². The standard InChI is InChI=1S/C23H23BrN4O3/c1-13(2)20(31-23(25)30)22(29)28-18-6-4-3-5-15(18)11-19(28)21-26-12-17(27-21)14-7-9-16(24)10-8-14/h3-10,12-13,19-20H,11H2,1-2H3,(H2,25,30)(H,26,27)/t19-,20-/m0/s1. The van der Waals surface area contributed by atoms with E-state index < -0.39 is 12.2 Å². The van der Waals surface area contributed by atoms with Gasteiger partial charge in [-0.25, -0.2) is 9.78 Å². The van der Waals surface area contributed by atoms with Crippen LogP contribution in [0.1, 0.15) is 31.3 Å². The number of nitrogens with two attached hydrogens (primary N) is 1. The Morgan fingerprint density at radius 3 is 2.58 bits per heavy atom. The van der Waals surface area contributed by atoms with E-state index in [0.29, 0.717) is 12.2 Å². The molecule has 4 rings (SSSR count). The van der Waals surface area contributed by atoms with E-state index in [1.54, 1.807) is 11.1 Å². The lowest BCUT2D eigenvalue weighted by atomic mass is 10.0. The molecule has 3 N–H and O–H groups in total. The number of fused-ring (bicyclic) bond motifs is 1. The number of amides is 2. The molecule has 0 aliphatic carbocycles. The summed E-state index contributed by atoms with van der Waals surface area (Å²) in [6.45, 7) is 3.64. The number of rotatable bonds is 5. The second-order valence-electron chi connectivity index (χ2n) is 7.85. The highest BCUT2D eigenvalue weighted by molar-refractivity contribution is 9.10. The number of anilines is 1. The molecule has 31 heavy (non-hydrogen) atoms. The molecule has 1 aliphatic heterocycles. The molecule has 0 radical (unpaired) electrons. The first-order chi connectivity index (χ1) is 14.8. The third kappa shape index (κ3) is 4.20. The van der Waals surface area contributed by atoms with Crippen LogP contribution in [-0.4, -0.2) is 28.1 Å². The van der Waals surface area contributed by atoms with E-state index in [-0.39, 0.29) is 17.9 Å². The van der Waals surface area contributed by atoms with Crippen molar-refractivity contribution in [2.75, 3.05) is 4.90 Å². The minimum absolute atomic E-state index is 0.233. The van der Waals surface area contributed by atoms with Crippen molar-refractivity contribution in [3.8, 4) is 11.3 Å². The number of hydrogen-bond donors (Lipinski definition) is 2. The summed E-state index contributed by atoms with van der Waals surface area (Å²) in [6.07, 6.45) is 0.430. The van der Waals surface area contributed by atoms with Gasteiger partial charge in [-0.2, -0.15) is 0 Å². The average molecular weight is 483 g/mol. The summed E-state index contributed by atoms with van der Waals surface area (Å²) in [4.78, 5) is 34.6. The molecular formula is C23H23BrN4O3. The van der Waals surface area contributed by atoms with Crippen molar-refractivity contribution in [1.82, 2.24) is 9.97 Å². The largest absolute Gasteiger partial charge is 0.436 e. The van der Waals surface area contributed by atoms with Gasteiger partial charge in [0.05, 0.1) is 17.9 Å². The van der Waals surface area contributed by atoms with Gasteiger partial charge in [-0.15, -0.1) is 0 Å². The fourth-order valence-electron chi connectivity index (χ4n) is 3.89. The number of ether oxygens (including phenoxy) is 1. The molecule has 2 aromatic carbocycles. The van der Waals surface area contributed by atoms with Gasteiger partial charge in [0.1, 0.15) is 5.82 Å². The van der Waals surface area contributed by atoms with Crippen molar-refractivity contribution in [3.05, 3.63) is 70.6 Å². The molecule has 0 saturated carbocycles. The maximum absolute atomic E-state index is 13.5. The van der Waals surface area contributed by atoms with E-state index in [0.717, 1.165) is 27.0 Å². The van der Waals surface area contributed by atoms with E-state index in [1.807, 2.05) is 62.4 Å². The molecule has 2 amide bonds. The lowest BCUT2D eigenvalue weighted by Crippen LogP contribution is -2.45. The highest BCUT2D eigenvalue weighted by Gasteiger charge is 2.41. The number of primary amides is 1. The Bertz CT molecular complexity index is 1110. The molecule has 7 nitrogen and oxygen atoms in total. The number of H-pyrrole nitrogens is 1. The number of carbonyl (C=O) groups is 2. The molecule has 0 saturated heterocycles. The second kappa shape index (κ2) is 8.55. The quantitative estimate of drug-likeness (QED) is 0.554. The number of para-hydroxylation sites is 1. The van der Waals surface area contributed by atoms with Gasteiger partial charge in [-0.3, -0.25) is 9.69 Å². The minimum Gasteiger partial charge on any atom is -0.436 e. The van der Waals surface area contributed by atoms with Gasteiger partial charge < -0.3 is 15.5 Å². The van der Waals surface area contributed by atoms with Crippen molar-refractivity contribution < 1.29 is 14.3 Å². The Morgan fingerprint density at radius 2 is 1.90 bits per heavy atom. The molecule has 0 fully saturated rings. The van der Waals surface area contributed by atoms with Gasteiger partial charge in [-0.05, 0) is 35.2 Å². The Balaban J connectivity index is 1.71. The molecule has 2 atom stereocenters. The molecule has 2 heterocycles. The predicted octanol–water partition coefficient (Wildman–Crippen LogP) is 4.59. The van der Waals surface area contributed by atoms with E-state index in [4.69, 9.17) is 10.5 Å². The molecule has 8 heteroatoms. The molecule has 160 valence electrons. The summed E-state index contributed by atoms with van der Waals surface area (Å²) in [5.74, 6) is 0.123. The number of nitrogens with zero attached hydrogens (tertiary/aromatic N) is 2. The Labute approximate surface area is 188 Å². The van der Waals surface area contributed by atoms with Gasteiger partial charge in [-0.1, -0.05) is 60.1 Å². The maximum Gasteiger partial charge on any atom is 0.405 e. The van der Waals surface area contributed by atoms with Crippen molar-refractivity contribution in [2.24, 2.45) is 11.7 Å². The first-order valence-corrected chi connectivity index (χ1v) is 10.8. The lowest BCUT2D eigenvalue weighted by molar-refractivity contribution is -0.129. The second-order valence-corrected chi connectivity index (χ2v) is 8.76. The summed E-state index contributed by atoms with van der Waals surface area (Å²) in [6, 6.07) is 15.3. The summed E-state index contributed by atoms with van der Waals surface area (Å²) in [5, 5.41) is 0. The van der Waals surface area contributed by atoms with Gasteiger partial charge in [0.25, 0.3) is 5.91 Å². The Morgan fingerprint density at radius 1 is 1.19 bits per heavy atom. The fraction of sp³-hybridized carbons (Fsp3) is 0.261. The van der Waals surface area contributed by atoms with Crippen LogP contribution in [0.25, 0.3) is 11.3 Å². The van der Waals surface area contributed by atoms with Crippen LogP contribution < -0.4 is 10.6 Å². The number of imidazole rings is 1. The summed E-state index contributed by atoms with van der Waals surface area (Å²) in [5.41, 5.74) is 8.91. The molecule has 1 aliphatic rings. The van der Waals surface area contributed by atoms with Gasteiger partial charge in [0, 0.05) is 16.6 Å². The number of halogens is 1. The Hall–Kier alpha value is -3.13. The zero-order chi connectivity index (χ0) is 22.1. The lowest BCUT2D eigenvalue weighted by Gasteiger charge is -2.29. The maximum atomic E-state index is 13.5. The van der Waals surface area contributed by atoms with Gasteiger partial charge in [0.2, 0.25) is 0 Å². The average Bonchev–Trinajstić information content (AvgIpc) is 3.36. The van der Waals surface area contributed by atoms with Crippen molar-refractivity contribution in [2.45, 2.75) is 32.4 Å². The molecule has 0 spiro atoms. The number of hydrogen-bond acceptors (Lipinski definition) is 4. The molecular weight excluding hydrogens is 460 g/mol. The first-order valence-electron chi connectivity index (χ1n) is 10.0. The SMILES string of the molecule is CC(C)[C@H](OC(N)=O)C(=O)N1c2ccccc2C[C@H]1c1ncc(-c2ccc(Br)cc2)[nH]1. The first kappa shape index (κ1) is 21.1. The van der Waals surface area contributed by atoms with Crippen LogP contribution in [0.3, 0.4) is 0 Å². The van der Waals surface area contributed by atoms with E-state index >= 15 is 0 Å². The van der Waals surface area contributed by atoms with Gasteiger partial charge in [0.15, 0.2) is 6.10 Å². The summed E-state index contributed by atoms with van der Waals surface area (Å²) in [7, 11) is 0. The number of carbonyl (C=O) groups excluding carboxylic acids is 2. The van der Waals surface area contributed by atoms with E-state index in [1.165, 1.54) is 0 Å². The molecule has 0 unspecified atom stereocenters. The minimum atomic E-state index is -0.980. The number of benzene rings is 2. The highest BCUT2D eigenvalue weighted by atomic mass is 79.9. The highest BCUT2D eigenvalue weighted by Crippen LogP contribution is 2.41. The molecule has 1 aromatic heterocycles. The number of nitrogens with one attached hydrogen (secondary N) is 1. The normalized spacial score (nSPS) is 16.3. The van der Waals surface area contributed by atoms with Crippen LogP contribution in [0.4, 0.5) is 10.5 Å². The third-order valence-electron chi connectivity index (χ3n) is 5.37. The Kier molecular flexibility index (Phi) is 5.82. The number of aromatic nitrogens is 2. The molecule has 3 aromatic rings. The zero-order valence-corrected chi connectivity index (χ0v) is 18.8. The van der Waals surface area contributed by atoms with Crippen LogP contribution in [0.15, 0.2) is 59.2 Å². The predicted molar refractivity (Wildman–Crippen MR) is 121 cm³/mol. The zero-order valence-electron chi connectivity index (χ0n) is 17.2. The van der Waals surface area contributed by atoms with Crippen LogP contribution in [0.5, 0.6) is 0 Å². The summed E-state index contributed by atoms with van der Waals surface area (Å²) < 4.78 is 6.18. The third-order valence-corrected chi connectivity index (χ3v) is 5.90. The van der Waals surface area contributed by atoms with E-state index in [2.05, 4.69) is 25.9 Å². The number of aromatic amines is 1. The smallest absolute Gasteiger partial charge is 0.405 e. The molecule has 0 bridgehead atoms. The van der Waals surface area contributed by atoms with Crippen LogP contribution in [0, 0.1) is 5.92 Å². The van der Waals surface area contributed by atoms with Crippen LogP contribution in [-0.2, 0) is 16.0 Å². The topological polar surface area (TPSA) is 101 Å².